The molecule has 0 radical (unpaired) electrons. The van der Waals surface area contributed by atoms with Crippen LogP contribution in [0.2, 0.25) is 5.02 Å². The van der Waals surface area contributed by atoms with Gasteiger partial charge in [-0.3, -0.25) is 4.79 Å². The van der Waals surface area contributed by atoms with Crippen molar-refractivity contribution in [1.29, 1.82) is 0 Å². The van der Waals surface area contributed by atoms with E-state index in [-0.39, 0.29) is 11.7 Å². The number of H-pyrrole nitrogens is 1. The summed E-state index contributed by atoms with van der Waals surface area (Å²) in [5.74, 6) is 0.601. The lowest BCUT2D eigenvalue weighted by Gasteiger charge is -2.11. The fraction of sp³-hybridized carbons (Fsp3) is 0.167. The van der Waals surface area contributed by atoms with Crippen LogP contribution in [-0.4, -0.2) is 29.3 Å². The number of rotatable bonds is 3. The van der Waals surface area contributed by atoms with E-state index in [1.165, 1.54) is 14.2 Å². The lowest BCUT2D eigenvalue weighted by Crippen LogP contribution is -2.06. The molecule has 7 heteroatoms. The predicted octanol–water partition coefficient (Wildman–Crippen LogP) is 1.81. The molecule has 0 aliphatic heterocycles. The van der Waals surface area contributed by atoms with Gasteiger partial charge in [0, 0.05) is 5.56 Å². The smallest absolute Gasteiger partial charge is 0.254 e. The summed E-state index contributed by atoms with van der Waals surface area (Å²) in [4.78, 5) is 17.6. The van der Waals surface area contributed by atoms with Gasteiger partial charge in [0.15, 0.2) is 11.5 Å². The van der Waals surface area contributed by atoms with Gasteiger partial charge in [0.1, 0.15) is 5.82 Å². The van der Waals surface area contributed by atoms with Crippen molar-refractivity contribution in [2.45, 2.75) is 0 Å². The topological polar surface area (TPSA) is 84.4 Å². The Hall–Kier alpha value is -2.21. The number of ether oxygens (including phenoxy) is 2. The summed E-state index contributed by atoms with van der Waals surface area (Å²) in [6.07, 6.45) is 0. The van der Waals surface area contributed by atoms with Crippen molar-refractivity contribution in [2.75, 3.05) is 14.2 Å². The standard InChI is InChI=1S/C12H11ClN2O4/c1-18-8-4-6(3-7(13)11(8)19-2)12-14-9(16)5-10(17)15-12/h3-5H,1-2H3,(H2,14,15,16,17). The molecule has 6 nitrogen and oxygen atoms in total. The Morgan fingerprint density at radius 2 is 2.00 bits per heavy atom. The Bertz CT molecular complexity index is 669. The quantitative estimate of drug-likeness (QED) is 0.897. The molecule has 2 rings (SSSR count). The first-order valence-corrected chi connectivity index (χ1v) is 5.65. The first-order chi connectivity index (χ1) is 9.05. The Balaban J connectivity index is 2.63. The highest BCUT2D eigenvalue weighted by Crippen LogP contribution is 2.38. The zero-order chi connectivity index (χ0) is 14.0. The molecule has 0 saturated heterocycles. The molecule has 1 aromatic heterocycles. The number of methoxy groups -OCH3 is 2. The molecular formula is C12H11ClN2O4. The van der Waals surface area contributed by atoms with Gasteiger partial charge in [-0.25, -0.2) is 0 Å². The maximum atomic E-state index is 11.3. The number of nitrogens with one attached hydrogen (secondary N) is 1. The van der Waals surface area contributed by atoms with Crippen molar-refractivity contribution in [1.82, 2.24) is 9.97 Å². The Kier molecular flexibility index (Phi) is 3.62. The third kappa shape index (κ3) is 2.63. The van der Waals surface area contributed by atoms with Gasteiger partial charge >= 0.3 is 0 Å². The Labute approximate surface area is 113 Å². The molecule has 0 amide bonds. The maximum Gasteiger partial charge on any atom is 0.254 e. The highest BCUT2D eigenvalue weighted by Gasteiger charge is 2.13. The lowest BCUT2D eigenvalue weighted by atomic mass is 10.2. The molecule has 1 aromatic carbocycles. The molecule has 0 atom stereocenters. The normalized spacial score (nSPS) is 10.3. The molecule has 0 unspecified atom stereocenters. The zero-order valence-electron chi connectivity index (χ0n) is 10.2. The fourth-order valence-corrected chi connectivity index (χ4v) is 1.92. The number of aromatic amines is 1. The fourth-order valence-electron chi connectivity index (χ4n) is 1.64. The minimum Gasteiger partial charge on any atom is -0.493 e. The molecule has 0 saturated carbocycles. The Morgan fingerprint density at radius 1 is 1.26 bits per heavy atom. The average Bonchev–Trinajstić information content (AvgIpc) is 2.36. The summed E-state index contributed by atoms with van der Waals surface area (Å²) < 4.78 is 10.3. The van der Waals surface area contributed by atoms with E-state index in [0.29, 0.717) is 22.1 Å². The van der Waals surface area contributed by atoms with E-state index in [1.54, 1.807) is 12.1 Å². The first-order valence-electron chi connectivity index (χ1n) is 5.27. The van der Waals surface area contributed by atoms with Crippen LogP contribution in [0.25, 0.3) is 11.4 Å². The number of hydrogen-bond acceptors (Lipinski definition) is 5. The average molecular weight is 283 g/mol. The van der Waals surface area contributed by atoms with Gasteiger partial charge < -0.3 is 19.6 Å². The number of nitrogens with zero attached hydrogens (tertiary/aromatic N) is 1. The summed E-state index contributed by atoms with van der Waals surface area (Å²) in [5.41, 5.74) is 0.0315. The second-order valence-electron chi connectivity index (χ2n) is 3.65. The minimum atomic E-state index is -0.464. The molecule has 2 N–H and O–H groups in total. The van der Waals surface area contributed by atoms with E-state index in [2.05, 4.69) is 9.97 Å². The number of halogens is 1. The molecule has 0 aliphatic carbocycles. The van der Waals surface area contributed by atoms with Crippen molar-refractivity contribution in [2.24, 2.45) is 0 Å². The minimum absolute atomic E-state index is 0.188. The van der Waals surface area contributed by atoms with Crippen molar-refractivity contribution in [3.05, 3.63) is 33.6 Å². The maximum absolute atomic E-state index is 11.3. The largest absolute Gasteiger partial charge is 0.493 e. The molecule has 2 aromatic rings. The van der Waals surface area contributed by atoms with E-state index in [0.717, 1.165) is 6.07 Å². The van der Waals surface area contributed by atoms with Gasteiger partial charge in [0.2, 0.25) is 5.88 Å². The van der Waals surface area contributed by atoms with Crippen molar-refractivity contribution >= 4 is 11.6 Å². The van der Waals surface area contributed by atoms with Crippen molar-refractivity contribution in [3.8, 4) is 28.8 Å². The van der Waals surface area contributed by atoms with Gasteiger partial charge in [0.25, 0.3) is 5.56 Å². The van der Waals surface area contributed by atoms with Crippen LogP contribution in [0.3, 0.4) is 0 Å². The van der Waals surface area contributed by atoms with E-state index >= 15 is 0 Å². The van der Waals surface area contributed by atoms with Crippen LogP contribution >= 0.6 is 11.6 Å². The van der Waals surface area contributed by atoms with Gasteiger partial charge in [-0.1, -0.05) is 11.6 Å². The van der Waals surface area contributed by atoms with Crippen molar-refractivity contribution in [3.63, 3.8) is 0 Å². The van der Waals surface area contributed by atoms with Crippen LogP contribution in [0.5, 0.6) is 17.4 Å². The van der Waals surface area contributed by atoms with Gasteiger partial charge in [0.05, 0.1) is 25.3 Å². The molecule has 19 heavy (non-hydrogen) atoms. The molecule has 1 heterocycles. The molecule has 0 spiro atoms. The van der Waals surface area contributed by atoms with Gasteiger partial charge in [-0.2, -0.15) is 4.98 Å². The highest BCUT2D eigenvalue weighted by molar-refractivity contribution is 6.32. The molecule has 100 valence electrons. The molecule has 0 bridgehead atoms. The van der Waals surface area contributed by atoms with Crippen molar-refractivity contribution < 1.29 is 14.6 Å². The summed E-state index contributed by atoms with van der Waals surface area (Å²) in [6.45, 7) is 0. The number of aromatic nitrogens is 2. The van der Waals surface area contributed by atoms with Crippen LogP contribution in [0.4, 0.5) is 0 Å². The number of benzene rings is 1. The monoisotopic (exact) mass is 282 g/mol. The van der Waals surface area contributed by atoms with E-state index in [4.69, 9.17) is 21.1 Å². The molecule has 0 fully saturated rings. The number of hydrogen-bond donors (Lipinski definition) is 2. The summed E-state index contributed by atoms with van der Waals surface area (Å²) in [6, 6.07) is 4.13. The molecular weight excluding hydrogens is 272 g/mol. The number of aromatic hydroxyl groups is 1. The van der Waals surface area contributed by atoms with E-state index < -0.39 is 5.56 Å². The van der Waals surface area contributed by atoms with Gasteiger partial charge in [-0.05, 0) is 12.1 Å². The second-order valence-corrected chi connectivity index (χ2v) is 4.05. The first kappa shape index (κ1) is 13.2. The summed E-state index contributed by atoms with van der Waals surface area (Å²) in [5, 5.41) is 9.64. The molecule has 0 aliphatic rings. The van der Waals surface area contributed by atoms with E-state index in [9.17, 15) is 9.90 Å². The zero-order valence-corrected chi connectivity index (χ0v) is 11.0. The van der Waals surface area contributed by atoms with Crippen LogP contribution in [-0.2, 0) is 0 Å². The lowest BCUT2D eigenvalue weighted by molar-refractivity contribution is 0.355. The summed E-state index contributed by atoms with van der Waals surface area (Å²) in [7, 11) is 2.94. The second kappa shape index (κ2) is 5.19. The van der Waals surface area contributed by atoms with Crippen LogP contribution in [0.1, 0.15) is 0 Å². The van der Waals surface area contributed by atoms with Gasteiger partial charge in [-0.15, -0.1) is 0 Å². The Morgan fingerprint density at radius 3 is 2.58 bits per heavy atom. The highest BCUT2D eigenvalue weighted by atomic mass is 35.5. The third-order valence-electron chi connectivity index (χ3n) is 2.44. The van der Waals surface area contributed by atoms with Crippen LogP contribution < -0.4 is 15.0 Å². The van der Waals surface area contributed by atoms with Crippen LogP contribution in [0.15, 0.2) is 23.0 Å². The van der Waals surface area contributed by atoms with Crippen LogP contribution in [0, 0.1) is 0 Å². The third-order valence-corrected chi connectivity index (χ3v) is 2.72. The summed E-state index contributed by atoms with van der Waals surface area (Å²) >= 11 is 6.06. The predicted molar refractivity (Wildman–Crippen MR) is 70.1 cm³/mol. The van der Waals surface area contributed by atoms with E-state index in [1.807, 2.05) is 0 Å². The SMILES string of the molecule is COc1cc(-c2nc(O)cc(=O)[nH]2)cc(Cl)c1OC.